The Labute approximate surface area is 243 Å². The van der Waals surface area contributed by atoms with E-state index in [2.05, 4.69) is 10.3 Å². The number of nitrogens with two attached hydrogens (primary N) is 1. The quantitative estimate of drug-likeness (QED) is 0.208. The molecule has 1 amide bonds. The summed E-state index contributed by atoms with van der Waals surface area (Å²) in [5.74, 6) is 0.328. The minimum absolute atomic E-state index is 0.00656. The van der Waals surface area contributed by atoms with Gasteiger partial charge in [-0.2, -0.15) is 4.31 Å². The third kappa shape index (κ3) is 9.14. The average molecular weight is 581 g/mol. The van der Waals surface area contributed by atoms with E-state index < -0.39 is 28.3 Å². The maximum Gasteiger partial charge on any atom is 0.407 e. The van der Waals surface area contributed by atoms with Crippen molar-refractivity contribution in [3.8, 4) is 0 Å². The molecule has 0 aliphatic rings. The van der Waals surface area contributed by atoms with E-state index in [-0.39, 0.29) is 36.9 Å². The number of amidine groups is 1. The number of ether oxygens (including phenoxy) is 1. The second-order valence-electron chi connectivity index (χ2n) is 10.4. The number of rotatable bonds is 13. The van der Waals surface area contributed by atoms with E-state index in [1.54, 1.807) is 43.4 Å². The van der Waals surface area contributed by atoms with Crippen molar-refractivity contribution in [1.29, 1.82) is 0 Å². The Morgan fingerprint density at radius 2 is 1.63 bits per heavy atom. The van der Waals surface area contributed by atoms with E-state index in [4.69, 9.17) is 10.5 Å². The minimum atomic E-state index is -3.90. The maximum absolute atomic E-state index is 13.6. The molecule has 0 spiro atoms. The highest BCUT2D eigenvalue weighted by atomic mass is 32.2. The number of aliphatic hydroxyl groups excluding tert-OH is 1. The molecule has 0 saturated heterocycles. The standard InChI is InChI=1S/C31H40N4O5S/c1-22(2)19-35(41(38,39)26-16-14-23(3)15-17-26)20-29(36)28(18-24-10-6-5-7-11-24)34-31(37)40-21-25-12-8-9-13-27(25)30(32)33-4/h5-17,22,28-29,36H,18-21H2,1-4H3,(H2,32,33)(H,34,37)/t28-,29+/m0/s1. The van der Waals surface area contributed by atoms with E-state index in [1.807, 2.05) is 63.2 Å². The van der Waals surface area contributed by atoms with Crippen LogP contribution in [-0.2, 0) is 27.8 Å². The average Bonchev–Trinajstić information content (AvgIpc) is 2.95. The summed E-state index contributed by atoms with van der Waals surface area (Å²) in [6.07, 6.45) is -1.70. The summed E-state index contributed by atoms with van der Waals surface area (Å²) in [5, 5.41) is 14.1. The lowest BCUT2D eigenvalue weighted by molar-refractivity contribution is 0.0873. The van der Waals surface area contributed by atoms with Gasteiger partial charge in [-0.1, -0.05) is 86.1 Å². The third-order valence-electron chi connectivity index (χ3n) is 6.58. The van der Waals surface area contributed by atoms with Crippen molar-refractivity contribution in [3.63, 3.8) is 0 Å². The normalized spacial score (nSPS) is 13.7. The highest BCUT2D eigenvalue weighted by Gasteiger charge is 2.31. The molecule has 0 bridgehead atoms. The molecule has 0 aliphatic heterocycles. The fourth-order valence-electron chi connectivity index (χ4n) is 4.38. The second kappa shape index (κ2) is 14.8. The van der Waals surface area contributed by atoms with E-state index >= 15 is 0 Å². The van der Waals surface area contributed by atoms with Crippen LogP contribution in [0.3, 0.4) is 0 Å². The van der Waals surface area contributed by atoms with Gasteiger partial charge in [-0.15, -0.1) is 0 Å². The number of benzene rings is 3. The molecule has 4 N–H and O–H groups in total. The summed E-state index contributed by atoms with van der Waals surface area (Å²) >= 11 is 0. The van der Waals surface area contributed by atoms with Gasteiger partial charge in [0.25, 0.3) is 0 Å². The lowest BCUT2D eigenvalue weighted by Gasteiger charge is -2.30. The van der Waals surface area contributed by atoms with Crippen molar-refractivity contribution in [3.05, 3.63) is 101 Å². The van der Waals surface area contributed by atoms with Gasteiger partial charge in [0.1, 0.15) is 12.4 Å². The van der Waals surface area contributed by atoms with Crippen LogP contribution in [0.25, 0.3) is 0 Å². The molecule has 3 aromatic carbocycles. The predicted molar refractivity (Wildman–Crippen MR) is 161 cm³/mol. The SMILES string of the molecule is CN=C(N)c1ccccc1COC(=O)N[C@@H](Cc1ccccc1)[C@H](O)CN(CC(C)C)S(=O)(=O)c1ccc(C)cc1. The number of aliphatic hydroxyl groups is 1. The molecule has 0 heterocycles. The fraction of sp³-hybridized carbons (Fsp3) is 0.355. The van der Waals surface area contributed by atoms with Crippen molar-refractivity contribution in [2.45, 2.75) is 50.8 Å². The number of carbonyl (C=O) groups excluding carboxylic acids is 1. The molecular weight excluding hydrogens is 540 g/mol. The number of sulfonamides is 1. The van der Waals surface area contributed by atoms with Crippen molar-refractivity contribution in [2.24, 2.45) is 16.6 Å². The molecule has 0 saturated carbocycles. The number of aliphatic imine (C=N–C) groups is 1. The minimum Gasteiger partial charge on any atom is -0.445 e. The first kappa shape index (κ1) is 31.8. The Morgan fingerprint density at radius 1 is 1.00 bits per heavy atom. The molecule has 10 heteroatoms. The van der Waals surface area contributed by atoms with E-state index in [1.165, 1.54) is 4.31 Å². The van der Waals surface area contributed by atoms with Crippen LogP contribution in [0.1, 0.15) is 36.1 Å². The highest BCUT2D eigenvalue weighted by molar-refractivity contribution is 7.89. The van der Waals surface area contributed by atoms with Crippen molar-refractivity contribution in [2.75, 3.05) is 20.1 Å². The molecule has 0 aromatic heterocycles. The van der Waals surface area contributed by atoms with Gasteiger partial charge < -0.3 is 20.9 Å². The Hall–Kier alpha value is -3.73. The second-order valence-corrected chi connectivity index (χ2v) is 12.3. The van der Waals surface area contributed by atoms with Gasteiger partial charge in [0.2, 0.25) is 10.0 Å². The summed E-state index contributed by atoms with van der Waals surface area (Å²) in [4.78, 5) is 17.1. The molecule has 0 aliphatic carbocycles. The van der Waals surface area contributed by atoms with Crippen molar-refractivity contribution >= 4 is 22.0 Å². The Kier molecular flexibility index (Phi) is 11.5. The summed E-state index contributed by atoms with van der Waals surface area (Å²) in [5.41, 5.74) is 9.13. The smallest absolute Gasteiger partial charge is 0.407 e. The molecule has 41 heavy (non-hydrogen) atoms. The number of nitrogens with one attached hydrogen (secondary N) is 1. The zero-order valence-corrected chi connectivity index (χ0v) is 24.8. The van der Waals surface area contributed by atoms with Gasteiger partial charge >= 0.3 is 6.09 Å². The number of amides is 1. The highest BCUT2D eigenvalue weighted by Crippen LogP contribution is 2.20. The number of carbonyl (C=O) groups is 1. The van der Waals surface area contributed by atoms with Gasteiger partial charge in [0.05, 0.1) is 17.0 Å². The molecule has 0 unspecified atom stereocenters. The lowest BCUT2D eigenvalue weighted by atomic mass is 10.0. The van der Waals surface area contributed by atoms with Crippen LogP contribution in [0.4, 0.5) is 4.79 Å². The summed E-state index contributed by atoms with van der Waals surface area (Å²) in [6.45, 7) is 5.64. The fourth-order valence-corrected chi connectivity index (χ4v) is 6.00. The van der Waals surface area contributed by atoms with Crippen LogP contribution < -0.4 is 11.1 Å². The number of hydrogen-bond donors (Lipinski definition) is 3. The van der Waals surface area contributed by atoms with Crippen LogP contribution in [0, 0.1) is 12.8 Å². The summed E-state index contributed by atoms with van der Waals surface area (Å²) < 4.78 is 33.9. The van der Waals surface area contributed by atoms with E-state index in [9.17, 15) is 18.3 Å². The largest absolute Gasteiger partial charge is 0.445 e. The zero-order valence-electron chi connectivity index (χ0n) is 24.0. The van der Waals surface area contributed by atoms with Gasteiger partial charge in [-0.25, -0.2) is 13.2 Å². The molecule has 2 atom stereocenters. The molecule has 0 fully saturated rings. The molecule has 9 nitrogen and oxygen atoms in total. The molecule has 0 radical (unpaired) electrons. The van der Waals surface area contributed by atoms with Crippen LogP contribution in [0.15, 0.2) is 88.8 Å². The Balaban J connectivity index is 1.81. The topological polar surface area (TPSA) is 134 Å². The van der Waals surface area contributed by atoms with Gasteiger partial charge in [0.15, 0.2) is 0 Å². The van der Waals surface area contributed by atoms with Gasteiger partial charge in [0, 0.05) is 31.3 Å². The lowest BCUT2D eigenvalue weighted by Crippen LogP contribution is -2.51. The number of nitrogens with zero attached hydrogens (tertiary/aromatic N) is 2. The molecular formula is C31H40N4O5S. The zero-order chi connectivity index (χ0) is 30.0. The summed E-state index contributed by atoms with van der Waals surface area (Å²) in [7, 11) is -2.32. The maximum atomic E-state index is 13.6. The van der Waals surface area contributed by atoms with Crippen LogP contribution in [0.5, 0.6) is 0 Å². The number of aryl methyl sites for hydroxylation is 1. The van der Waals surface area contributed by atoms with Crippen molar-refractivity contribution < 1.29 is 23.1 Å². The van der Waals surface area contributed by atoms with Gasteiger partial charge in [-0.05, 0) is 37.0 Å². The Bertz CT molecular complexity index is 1410. The third-order valence-corrected chi connectivity index (χ3v) is 8.42. The Morgan fingerprint density at radius 3 is 2.27 bits per heavy atom. The van der Waals surface area contributed by atoms with Crippen LogP contribution in [0.2, 0.25) is 0 Å². The molecule has 220 valence electrons. The first-order chi connectivity index (χ1) is 19.5. The summed E-state index contributed by atoms with van der Waals surface area (Å²) in [6, 6.07) is 22.3. The first-order valence-corrected chi connectivity index (χ1v) is 15.0. The molecule has 3 aromatic rings. The monoisotopic (exact) mass is 580 g/mol. The van der Waals surface area contributed by atoms with E-state index in [0.717, 1.165) is 11.1 Å². The van der Waals surface area contributed by atoms with E-state index in [0.29, 0.717) is 17.0 Å². The predicted octanol–water partition coefficient (Wildman–Crippen LogP) is 3.88. The number of hydrogen-bond acceptors (Lipinski definition) is 6. The number of alkyl carbamates (subject to hydrolysis) is 1. The first-order valence-electron chi connectivity index (χ1n) is 13.5. The molecule has 3 rings (SSSR count). The van der Waals surface area contributed by atoms with Crippen LogP contribution >= 0.6 is 0 Å². The van der Waals surface area contributed by atoms with Crippen molar-refractivity contribution in [1.82, 2.24) is 9.62 Å². The van der Waals surface area contributed by atoms with Crippen LogP contribution in [-0.4, -0.2) is 62.0 Å². The van der Waals surface area contributed by atoms with Gasteiger partial charge in [-0.3, -0.25) is 4.99 Å².